The predicted octanol–water partition coefficient (Wildman–Crippen LogP) is 3.65. The van der Waals surface area contributed by atoms with Crippen LogP contribution in [0, 0.1) is 5.92 Å². The van der Waals surface area contributed by atoms with E-state index in [2.05, 4.69) is 55.1 Å². The zero-order chi connectivity index (χ0) is 17.7. The monoisotopic (exact) mass is 339 g/mol. The van der Waals surface area contributed by atoms with E-state index in [1.54, 1.807) is 0 Å². The second-order valence-corrected chi connectivity index (χ2v) is 7.22. The van der Waals surface area contributed by atoms with Crippen LogP contribution in [-0.4, -0.2) is 42.9 Å². The highest BCUT2D eigenvalue weighted by molar-refractivity contribution is 5.32. The number of aliphatic hydroxyl groups is 1. The Morgan fingerprint density at radius 2 is 1.52 bits per heavy atom. The quantitative estimate of drug-likeness (QED) is 0.872. The van der Waals surface area contributed by atoms with E-state index in [1.807, 2.05) is 24.3 Å². The Hall–Kier alpha value is -1.68. The molecule has 2 atom stereocenters. The Balaban J connectivity index is 2.01. The van der Waals surface area contributed by atoms with Crippen molar-refractivity contribution in [1.29, 1.82) is 0 Å². The first-order valence-electron chi connectivity index (χ1n) is 9.25. The van der Waals surface area contributed by atoms with Crippen LogP contribution in [0.15, 0.2) is 60.7 Å². The molecule has 25 heavy (non-hydrogen) atoms. The third kappa shape index (κ3) is 3.95. The molecule has 0 saturated carbocycles. The van der Waals surface area contributed by atoms with Gasteiger partial charge in [0.15, 0.2) is 0 Å². The van der Waals surface area contributed by atoms with E-state index in [4.69, 9.17) is 4.74 Å². The van der Waals surface area contributed by atoms with Crippen molar-refractivity contribution in [1.82, 2.24) is 4.90 Å². The molecule has 3 heteroatoms. The molecular formula is C22H29NO2. The van der Waals surface area contributed by atoms with Gasteiger partial charge in [-0.05, 0) is 17.0 Å². The molecule has 0 radical (unpaired) electrons. The highest BCUT2D eigenvalue weighted by Gasteiger charge is 2.42. The summed E-state index contributed by atoms with van der Waals surface area (Å²) in [6.07, 6.45) is 0. The Kier molecular flexibility index (Phi) is 5.89. The summed E-state index contributed by atoms with van der Waals surface area (Å²) in [6.45, 7) is 8.44. The summed E-state index contributed by atoms with van der Waals surface area (Å²) >= 11 is 0. The summed E-state index contributed by atoms with van der Waals surface area (Å²) in [5, 5.41) is 11.9. The van der Waals surface area contributed by atoms with Gasteiger partial charge in [-0.3, -0.25) is 4.90 Å². The van der Waals surface area contributed by atoms with Crippen LogP contribution in [0.4, 0.5) is 0 Å². The molecule has 3 nitrogen and oxygen atoms in total. The molecule has 1 heterocycles. The van der Waals surface area contributed by atoms with Crippen LogP contribution >= 0.6 is 0 Å². The number of rotatable bonds is 6. The van der Waals surface area contributed by atoms with E-state index in [0.29, 0.717) is 0 Å². The third-order valence-electron chi connectivity index (χ3n) is 5.39. The van der Waals surface area contributed by atoms with Crippen molar-refractivity contribution in [3.8, 4) is 0 Å². The molecule has 2 aromatic rings. The summed E-state index contributed by atoms with van der Waals surface area (Å²) in [4.78, 5) is 2.41. The number of benzene rings is 2. The van der Waals surface area contributed by atoms with E-state index < -0.39 is 5.60 Å². The van der Waals surface area contributed by atoms with Crippen molar-refractivity contribution in [3.05, 3.63) is 71.8 Å². The molecule has 1 fully saturated rings. The van der Waals surface area contributed by atoms with Crippen LogP contribution in [0.2, 0.25) is 0 Å². The SMILES string of the molecule is CC(C)[C@](O)(c1ccccc1)[C@@H](CN1CCOCC1)c1ccccc1. The number of morpholine rings is 1. The first-order chi connectivity index (χ1) is 12.1. The molecule has 0 spiro atoms. The van der Waals surface area contributed by atoms with Gasteiger partial charge in [0.2, 0.25) is 0 Å². The second kappa shape index (κ2) is 8.13. The van der Waals surface area contributed by atoms with Gasteiger partial charge < -0.3 is 9.84 Å². The topological polar surface area (TPSA) is 32.7 Å². The minimum atomic E-state index is -0.916. The van der Waals surface area contributed by atoms with Crippen LogP contribution in [-0.2, 0) is 10.3 Å². The zero-order valence-corrected chi connectivity index (χ0v) is 15.3. The summed E-state index contributed by atoms with van der Waals surface area (Å²) < 4.78 is 5.50. The van der Waals surface area contributed by atoms with Crippen molar-refractivity contribution in [2.24, 2.45) is 5.92 Å². The maximum absolute atomic E-state index is 11.9. The minimum Gasteiger partial charge on any atom is -0.384 e. The van der Waals surface area contributed by atoms with Crippen molar-refractivity contribution in [2.75, 3.05) is 32.8 Å². The average Bonchev–Trinajstić information content (AvgIpc) is 2.67. The van der Waals surface area contributed by atoms with Crippen LogP contribution < -0.4 is 0 Å². The van der Waals surface area contributed by atoms with Gasteiger partial charge in [-0.15, -0.1) is 0 Å². The lowest BCUT2D eigenvalue weighted by molar-refractivity contribution is -0.0547. The number of ether oxygens (including phenoxy) is 1. The predicted molar refractivity (Wildman–Crippen MR) is 102 cm³/mol. The standard InChI is InChI=1S/C22H29NO2/c1-18(2)22(24,20-11-7-4-8-12-20)21(19-9-5-3-6-10-19)17-23-13-15-25-16-14-23/h3-12,18,21,24H,13-17H2,1-2H3/t21-,22-/m0/s1. The molecule has 0 unspecified atom stereocenters. The third-order valence-corrected chi connectivity index (χ3v) is 5.39. The van der Waals surface area contributed by atoms with Gasteiger partial charge >= 0.3 is 0 Å². The molecule has 134 valence electrons. The number of hydrogen-bond donors (Lipinski definition) is 1. The Morgan fingerprint density at radius 1 is 0.960 bits per heavy atom. The highest BCUT2D eigenvalue weighted by Crippen LogP contribution is 2.43. The molecule has 0 bridgehead atoms. The fourth-order valence-corrected chi connectivity index (χ4v) is 3.87. The smallest absolute Gasteiger partial charge is 0.0999 e. The molecule has 0 amide bonds. The molecule has 1 aliphatic rings. The number of nitrogens with zero attached hydrogens (tertiary/aromatic N) is 1. The lowest BCUT2D eigenvalue weighted by atomic mass is 9.70. The van der Waals surface area contributed by atoms with E-state index in [-0.39, 0.29) is 11.8 Å². The maximum Gasteiger partial charge on any atom is 0.0999 e. The molecule has 3 rings (SSSR count). The fourth-order valence-electron chi connectivity index (χ4n) is 3.87. The maximum atomic E-state index is 11.9. The molecule has 0 aliphatic carbocycles. The average molecular weight is 339 g/mol. The van der Waals surface area contributed by atoms with Crippen LogP contribution in [0.3, 0.4) is 0 Å². The van der Waals surface area contributed by atoms with E-state index in [0.717, 1.165) is 38.4 Å². The van der Waals surface area contributed by atoms with Crippen molar-refractivity contribution in [3.63, 3.8) is 0 Å². The van der Waals surface area contributed by atoms with Crippen LogP contribution in [0.5, 0.6) is 0 Å². The number of hydrogen-bond acceptors (Lipinski definition) is 3. The summed E-state index contributed by atoms with van der Waals surface area (Å²) in [7, 11) is 0. The fraction of sp³-hybridized carbons (Fsp3) is 0.455. The summed E-state index contributed by atoms with van der Waals surface area (Å²) in [5.74, 6) is 0.107. The van der Waals surface area contributed by atoms with Gasteiger partial charge in [-0.25, -0.2) is 0 Å². The highest BCUT2D eigenvalue weighted by atomic mass is 16.5. The molecule has 1 aliphatic heterocycles. The largest absolute Gasteiger partial charge is 0.384 e. The normalized spacial score (nSPS) is 19.5. The van der Waals surface area contributed by atoms with E-state index in [1.165, 1.54) is 5.56 Å². The van der Waals surface area contributed by atoms with Crippen LogP contribution in [0.1, 0.15) is 30.9 Å². The van der Waals surface area contributed by atoms with Gasteiger partial charge in [0, 0.05) is 25.6 Å². The summed E-state index contributed by atoms with van der Waals surface area (Å²) in [6, 6.07) is 20.6. The molecule has 2 aromatic carbocycles. The molecule has 1 N–H and O–H groups in total. The lowest BCUT2D eigenvalue weighted by Gasteiger charge is -2.43. The Labute approximate surface area is 151 Å². The first-order valence-corrected chi connectivity index (χ1v) is 9.25. The van der Waals surface area contributed by atoms with Crippen LogP contribution in [0.25, 0.3) is 0 Å². The first kappa shape index (κ1) is 18.1. The van der Waals surface area contributed by atoms with Crippen molar-refractivity contribution in [2.45, 2.75) is 25.4 Å². The van der Waals surface area contributed by atoms with Gasteiger partial charge in [0.1, 0.15) is 0 Å². The summed E-state index contributed by atoms with van der Waals surface area (Å²) in [5.41, 5.74) is 1.27. The Morgan fingerprint density at radius 3 is 2.08 bits per heavy atom. The van der Waals surface area contributed by atoms with Crippen molar-refractivity contribution < 1.29 is 9.84 Å². The van der Waals surface area contributed by atoms with E-state index >= 15 is 0 Å². The second-order valence-electron chi connectivity index (χ2n) is 7.22. The van der Waals surface area contributed by atoms with Gasteiger partial charge in [-0.1, -0.05) is 74.5 Å². The van der Waals surface area contributed by atoms with E-state index in [9.17, 15) is 5.11 Å². The van der Waals surface area contributed by atoms with Gasteiger partial charge in [-0.2, -0.15) is 0 Å². The minimum absolute atomic E-state index is 0.00852. The lowest BCUT2D eigenvalue weighted by Crippen LogP contribution is -2.47. The van der Waals surface area contributed by atoms with Gasteiger partial charge in [0.25, 0.3) is 0 Å². The molecule has 1 saturated heterocycles. The van der Waals surface area contributed by atoms with Gasteiger partial charge in [0.05, 0.1) is 18.8 Å². The molecule has 0 aromatic heterocycles. The van der Waals surface area contributed by atoms with Crippen molar-refractivity contribution >= 4 is 0 Å². The Bertz CT molecular complexity index is 638. The zero-order valence-electron chi connectivity index (χ0n) is 15.3. The molecular weight excluding hydrogens is 310 g/mol.